The van der Waals surface area contributed by atoms with Crippen molar-refractivity contribution < 1.29 is 0 Å². The summed E-state index contributed by atoms with van der Waals surface area (Å²) in [4.78, 5) is 4.79. The lowest BCUT2D eigenvalue weighted by atomic mass is 10.1. The fraction of sp³-hybridized carbons (Fsp3) is 0.107. The van der Waals surface area contributed by atoms with Crippen LogP contribution in [0.4, 0.5) is 0 Å². The Balaban J connectivity index is 1.68. The van der Waals surface area contributed by atoms with Gasteiger partial charge in [-0.05, 0) is 53.4 Å². The molecule has 0 aliphatic carbocycles. The Morgan fingerprint density at radius 1 is 0.900 bits per heavy atom. The van der Waals surface area contributed by atoms with Crippen LogP contribution in [0.25, 0.3) is 39.0 Å². The molecule has 0 saturated heterocycles. The highest BCUT2D eigenvalue weighted by Gasteiger charge is 2.16. The van der Waals surface area contributed by atoms with Crippen molar-refractivity contribution in [3.63, 3.8) is 0 Å². The summed E-state index contributed by atoms with van der Waals surface area (Å²) >= 11 is 0. The minimum Gasteiger partial charge on any atom is -0.338 e. The van der Waals surface area contributed by atoms with Crippen LogP contribution >= 0.6 is 0 Å². The van der Waals surface area contributed by atoms with Gasteiger partial charge in [0.15, 0.2) is 0 Å². The molecule has 0 aliphatic rings. The van der Waals surface area contributed by atoms with E-state index < -0.39 is 0 Å². The van der Waals surface area contributed by atoms with E-state index in [2.05, 4.69) is 97.8 Å². The van der Waals surface area contributed by atoms with Crippen LogP contribution in [-0.2, 0) is 6.54 Å². The summed E-state index contributed by atoms with van der Waals surface area (Å²) in [6.45, 7) is 9.10. The number of benzene rings is 3. The first kappa shape index (κ1) is 18.4. The number of pyridine rings is 1. The summed E-state index contributed by atoms with van der Waals surface area (Å²) in [7, 11) is 0. The molecule has 146 valence electrons. The maximum absolute atomic E-state index is 4.79. The van der Waals surface area contributed by atoms with Crippen molar-refractivity contribution in [3.05, 3.63) is 108 Å². The van der Waals surface area contributed by atoms with Crippen molar-refractivity contribution in [2.45, 2.75) is 20.4 Å². The molecule has 3 aromatic carbocycles. The zero-order chi connectivity index (χ0) is 20.7. The van der Waals surface area contributed by atoms with Crippen molar-refractivity contribution in [1.82, 2.24) is 9.55 Å². The molecule has 0 radical (unpaired) electrons. The highest BCUT2D eigenvalue weighted by atomic mass is 15.0. The van der Waals surface area contributed by atoms with Gasteiger partial charge in [-0.1, -0.05) is 73.3 Å². The van der Waals surface area contributed by atoms with E-state index in [1.165, 1.54) is 38.5 Å². The summed E-state index contributed by atoms with van der Waals surface area (Å²) < 4.78 is 2.42. The summed E-state index contributed by atoms with van der Waals surface area (Å²) in [6, 6.07) is 25.9. The van der Waals surface area contributed by atoms with Gasteiger partial charge in [-0.3, -0.25) is 4.98 Å². The van der Waals surface area contributed by atoms with Crippen molar-refractivity contribution in [2.24, 2.45) is 0 Å². The Hall–Kier alpha value is -3.65. The summed E-state index contributed by atoms with van der Waals surface area (Å²) in [5.74, 6) is 0. The van der Waals surface area contributed by atoms with Crippen LogP contribution < -0.4 is 0 Å². The second kappa shape index (κ2) is 7.31. The molecule has 0 bridgehead atoms. The molecule has 0 atom stereocenters. The number of hydrogen-bond acceptors (Lipinski definition) is 1. The fourth-order valence-corrected chi connectivity index (χ4v) is 4.30. The van der Waals surface area contributed by atoms with Crippen LogP contribution in [0.2, 0.25) is 0 Å². The number of fused-ring (bicyclic) bond motifs is 2. The quantitative estimate of drug-likeness (QED) is 0.319. The van der Waals surface area contributed by atoms with Gasteiger partial charge in [-0.2, -0.15) is 0 Å². The number of aromatic nitrogens is 2. The Kier molecular flexibility index (Phi) is 4.48. The first-order valence-electron chi connectivity index (χ1n) is 10.3. The van der Waals surface area contributed by atoms with E-state index in [9.17, 15) is 0 Å². The average Bonchev–Trinajstić information content (AvgIpc) is 3.04. The molecule has 0 aliphatic heterocycles. The minimum absolute atomic E-state index is 0.824. The predicted molar refractivity (Wildman–Crippen MR) is 128 cm³/mol. The second-order valence-electron chi connectivity index (χ2n) is 7.86. The van der Waals surface area contributed by atoms with Crippen molar-refractivity contribution in [2.75, 3.05) is 0 Å². The largest absolute Gasteiger partial charge is 0.338 e. The fourth-order valence-electron chi connectivity index (χ4n) is 4.30. The van der Waals surface area contributed by atoms with Gasteiger partial charge in [0.2, 0.25) is 0 Å². The van der Waals surface area contributed by atoms with Gasteiger partial charge in [-0.15, -0.1) is 0 Å². The standard InChI is InChI=1S/C28H24N2/c1-4-21-9-13-24(14-10-21)27-28-26(15-16-29-27)19(2)20(3)30(28)18-22-11-12-23-7-5-6-8-25(23)17-22/h4-17H,1,18H2,2-3H3. The third-order valence-corrected chi connectivity index (χ3v) is 6.12. The molecule has 5 aromatic rings. The molecule has 30 heavy (non-hydrogen) atoms. The summed E-state index contributed by atoms with van der Waals surface area (Å²) in [6.07, 6.45) is 3.79. The minimum atomic E-state index is 0.824. The first-order chi connectivity index (χ1) is 14.7. The van der Waals surface area contributed by atoms with E-state index in [0.717, 1.165) is 23.4 Å². The molecular formula is C28H24N2. The second-order valence-corrected chi connectivity index (χ2v) is 7.86. The molecule has 2 aromatic heterocycles. The van der Waals surface area contributed by atoms with E-state index in [0.29, 0.717) is 0 Å². The van der Waals surface area contributed by atoms with Gasteiger partial charge >= 0.3 is 0 Å². The lowest BCUT2D eigenvalue weighted by Gasteiger charge is -2.12. The van der Waals surface area contributed by atoms with E-state index in [1.807, 2.05) is 12.3 Å². The van der Waals surface area contributed by atoms with Crippen LogP contribution in [0.5, 0.6) is 0 Å². The average molecular weight is 389 g/mol. The van der Waals surface area contributed by atoms with Gasteiger partial charge in [0, 0.05) is 29.4 Å². The first-order valence-corrected chi connectivity index (χ1v) is 10.3. The molecule has 2 nitrogen and oxygen atoms in total. The van der Waals surface area contributed by atoms with Crippen LogP contribution in [0.3, 0.4) is 0 Å². The lowest BCUT2D eigenvalue weighted by molar-refractivity contribution is 0.801. The van der Waals surface area contributed by atoms with Gasteiger partial charge in [0.05, 0.1) is 11.2 Å². The van der Waals surface area contributed by atoms with Crippen molar-refractivity contribution in [1.29, 1.82) is 0 Å². The maximum Gasteiger partial charge on any atom is 0.0945 e. The van der Waals surface area contributed by atoms with Crippen LogP contribution in [0.1, 0.15) is 22.4 Å². The molecule has 0 saturated carbocycles. The van der Waals surface area contributed by atoms with Crippen LogP contribution in [0, 0.1) is 13.8 Å². The van der Waals surface area contributed by atoms with Crippen LogP contribution in [0.15, 0.2) is 85.6 Å². The molecular weight excluding hydrogens is 364 g/mol. The Morgan fingerprint density at radius 2 is 1.67 bits per heavy atom. The predicted octanol–water partition coefficient (Wildman–Crippen LogP) is 7.16. The Labute approximate surface area is 177 Å². The number of nitrogens with zero attached hydrogens (tertiary/aromatic N) is 2. The molecule has 0 unspecified atom stereocenters. The highest BCUT2D eigenvalue weighted by Crippen LogP contribution is 2.33. The summed E-state index contributed by atoms with van der Waals surface area (Å²) in [5.41, 5.74) is 8.37. The smallest absolute Gasteiger partial charge is 0.0945 e. The molecule has 0 spiro atoms. The SMILES string of the molecule is C=Cc1ccc(-c2nccc3c(C)c(C)n(Cc4ccc5ccccc5c4)c23)cc1. The van der Waals surface area contributed by atoms with Gasteiger partial charge in [0.25, 0.3) is 0 Å². The maximum atomic E-state index is 4.79. The van der Waals surface area contributed by atoms with E-state index >= 15 is 0 Å². The highest BCUT2D eigenvalue weighted by molar-refractivity contribution is 5.95. The zero-order valence-corrected chi connectivity index (χ0v) is 17.4. The third-order valence-electron chi connectivity index (χ3n) is 6.12. The lowest BCUT2D eigenvalue weighted by Crippen LogP contribution is -2.03. The molecule has 2 heteroatoms. The number of rotatable bonds is 4. The van der Waals surface area contributed by atoms with Gasteiger partial charge < -0.3 is 4.57 Å². The Bertz CT molecular complexity index is 1390. The molecule has 0 amide bonds. The van der Waals surface area contributed by atoms with E-state index in [-0.39, 0.29) is 0 Å². The summed E-state index contributed by atoms with van der Waals surface area (Å²) in [5, 5.41) is 3.82. The van der Waals surface area contributed by atoms with E-state index in [4.69, 9.17) is 4.98 Å². The van der Waals surface area contributed by atoms with Gasteiger partial charge in [-0.25, -0.2) is 0 Å². The van der Waals surface area contributed by atoms with Crippen molar-refractivity contribution >= 4 is 27.8 Å². The number of aryl methyl sites for hydroxylation is 1. The molecule has 0 fully saturated rings. The van der Waals surface area contributed by atoms with Gasteiger partial charge in [0.1, 0.15) is 0 Å². The van der Waals surface area contributed by atoms with E-state index in [1.54, 1.807) is 0 Å². The molecule has 0 N–H and O–H groups in total. The third kappa shape index (κ3) is 3.02. The number of hydrogen-bond donors (Lipinski definition) is 0. The Morgan fingerprint density at radius 3 is 2.43 bits per heavy atom. The zero-order valence-electron chi connectivity index (χ0n) is 17.4. The normalized spacial score (nSPS) is 11.3. The molecule has 5 rings (SSSR count). The molecule has 2 heterocycles. The van der Waals surface area contributed by atoms with Crippen molar-refractivity contribution in [3.8, 4) is 11.3 Å². The topological polar surface area (TPSA) is 17.8 Å². The van der Waals surface area contributed by atoms with Crippen LogP contribution in [-0.4, -0.2) is 9.55 Å². The monoisotopic (exact) mass is 388 g/mol.